The third-order valence-electron chi connectivity index (χ3n) is 4.94. The first-order chi connectivity index (χ1) is 11.3. The second kappa shape index (κ2) is 6.42. The maximum absolute atomic E-state index is 6.04. The fourth-order valence-corrected chi connectivity index (χ4v) is 3.42. The Bertz CT molecular complexity index is 650. The third-order valence-corrected chi connectivity index (χ3v) is 4.94. The van der Waals surface area contributed by atoms with Crippen molar-refractivity contribution in [3.05, 3.63) is 47.3 Å². The summed E-state index contributed by atoms with van der Waals surface area (Å²) in [6.07, 6.45) is 3.80. The number of fused-ring (bicyclic) bond motifs is 1. The Labute approximate surface area is 137 Å². The zero-order chi connectivity index (χ0) is 15.6. The van der Waals surface area contributed by atoms with Crippen LogP contribution in [0.5, 0.6) is 0 Å². The van der Waals surface area contributed by atoms with Crippen LogP contribution >= 0.6 is 0 Å². The number of rotatable bonds is 6. The minimum Gasteiger partial charge on any atom is -0.375 e. The molecule has 1 aliphatic carbocycles. The lowest BCUT2D eigenvalue weighted by Gasteiger charge is -2.34. The Hall–Kier alpha value is -1.72. The molecule has 2 aromatic rings. The highest BCUT2D eigenvalue weighted by molar-refractivity contribution is 5.19. The fraction of sp³-hybridized carbons (Fsp3) is 0.556. The molecule has 1 aliphatic heterocycles. The molecule has 1 fully saturated rings. The van der Waals surface area contributed by atoms with Crippen LogP contribution in [0.25, 0.3) is 0 Å². The van der Waals surface area contributed by atoms with Gasteiger partial charge in [0.2, 0.25) is 0 Å². The summed E-state index contributed by atoms with van der Waals surface area (Å²) in [4.78, 5) is 2.56. The van der Waals surface area contributed by atoms with Gasteiger partial charge < -0.3 is 4.74 Å². The Morgan fingerprint density at radius 3 is 2.83 bits per heavy atom. The molecule has 2 aliphatic rings. The summed E-state index contributed by atoms with van der Waals surface area (Å²) >= 11 is 0. The van der Waals surface area contributed by atoms with E-state index in [0.717, 1.165) is 24.6 Å². The lowest BCUT2D eigenvalue weighted by Crippen LogP contribution is -2.39. The molecular formula is C18H24N4O. The fourth-order valence-electron chi connectivity index (χ4n) is 3.42. The summed E-state index contributed by atoms with van der Waals surface area (Å²) in [6, 6.07) is 10.6. The number of hydrogen-bond acceptors (Lipinski definition) is 4. The smallest absolute Gasteiger partial charge is 0.105 e. The van der Waals surface area contributed by atoms with Crippen LogP contribution in [0.3, 0.4) is 0 Å². The maximum atomic E-state index is 6.04. The summed E-state index contributed by atoms with van der Waals surface area (Å²) in [7, 11) is 1.99. The second-order valence-corrected chi connectivity index (χ2v) is 6.75. The Balaban J connectivity index is 1.45. The molecule has 1 aromatic heterocycles. The molecule has 0 bridgehead atoms. The highest BCUT2D eigenvalue weighted by atomic mass is 16.5. The molecule has 1 aromatic carbocycles. The summed E-state index contributed by atoms with van der Waals surface area (Å²) in [6.45, 7) is 3.61. The van der Waals surface area contributed by atoms with Crippen molar-refractivity contribution in [3.63, 3.8) is 0 Å². The van der Waals surface area contributed by atoms with Gasteiger partial charge in [-0.05, 0) is 24.3 Å². The molecular weight excluding hydrogens is 288 g/mol. The van der Waals surface area contributed by atoms with E-state index < -0.39 is 0 Å². The van der Waals surface area contributed by atoms with Crippen molar-refractivity contribution in [2.45, 2.75) is 31.9 Å². The Morgan fingerprint density at radius 2 is 2.04 bits per heavy atom. The average molecular weight is 312 g/mol. The topological polar surface area (TPSA) is 43.2 Å². The Morgan fingerprint density at radius 1 is 1.22 bits per heavy atom. The van der Waals surface area contributed by atoms with Crippen LogP contribution in [-0.4, -0.2) is 39.6 Å². The van der Waals surface area contributed by atoms with E-state index in [1.165, 1.54) is 30.6 Å². The van der Waals surface area contributed by atoms with Gasteiger partial charge in [-0.2, -0.15) is 0 Å². The molecule has 2 heterocycles. The van der Waals surface area contributed by atoms with E-state index in [2.05, 4.69) is 39.5 Å². The van der Waals surface area contributed by atoms with E-state index in [1.807, 2.05) is 17.8 Å². The molecule has 0 amide bonds. The molecule has 1 atom stereocenters. The van der Waals surface area contributed by atoms with E-state index in [1.54, 1.807) is 0 Å². The molecule has 5 heteroatoms. The maximum Gasteiger partial charge on any atom is 0.105 e. The van der Waals surface area contributed by atoms with Crippen molar-refractivity contribution >= 4 is 0 Å². The number of aryl methyl sites for hydroxylation is 1. The molecule has 0 spiro atoms. The minimum absolute atomic E-state index is 0.247. The van der Waals surface area contributed by atoms with Crippen LogP contribution < -0.4 is 0 Å². The van der Waals surface area contributed by atoms with Crippen molar-refractivity contribution in [3.8, 4) is 0 Å². The summed E-state index contributed by atoms with van der Waals surface area (Å²) < 4.78 is 7.96. The molecule has 0 unspecified atom stereocenters. The van der Waals surface area contributed by atoms with E-state index >= 15 is 0 Å². The number of benzene rings is 1. The van der Waals surface area contributed by atoms with Gasteiger partial charge in [-0.1, -0.05) is 35.5 Å². The first-order valence-corrected chi connectivity index (χ1v) is 8.55. The zero-order valence-corrected chi connectivity index (χ0v) is 13.7. The highest BCUT2D eigenvalue weighted by Crippen LogP contribution is 2.35. The summed E-state index contributed by atoms with van der Waals surface area (Å²) in [5.74, 6) is 0.879. The standard InChI is InChI=1S/C18H24N4O/c1-21-16-9-10-22(11-14-7-8-14)17(18(16)19-20-21)13-23-12-15-5-3-2-4-6-15/h2-6,14,17H,7-13H2,1H3/t17-/m1/s1. The first-order valence-electron chi connectivity index (χ1n) is 8.55. The van der Waals surface area contributed by atoms with Gasteiger partial charge in [0, 0.05) is 26.6 Å². The minimum atomic E-state index is 0.247. The second-order valence-electron chi connectivity index (χ2n) is 6.75. The van der Waals surface area contributed by atoms with Gasteiger partial charge in [0.05, 0.1) is 24.9 Å². The number of ether oxygens (including phenoxy) is 1. The lowest BCUT2D eigenvalue weighted by atomic mass is 10.0. The van der Waals surface area contributed by atoms with Crippen LogP contribution in [-0.2, 0) is 24.8 Å². The van der Waals surface area contributed by atoms with Gasteiger partial charge in [-0.15, -0.1) is 5.10 Å². The van der Waals surface area contributed by atoms with E-state index in [4.69, 9.17) is 4.74 Å². The highest BCUT2D eigenvalue weighted by Gasteiger charge is 2.35. The van der Waals surface area contributed by atoms with E-state index in [-0.39, 0.29) is 6.04 Å². The van der Waals surface area contributed by atoms with Gasteiger partial charge in [-0.25, -0.2) is 0 Å². The normalized spacial score (nSPS) is 21.3. The van der Waals surface area contributed by atoms with E-state index in [9.17, 15) is 0 Å². The third kappa shape index (κ3) is 3.31. The van der Waals surface area contributed by atoms with Crippen molar-refractivity contribution in [2.24, 2.45) is 13.0 Å². The Kier molecular flexibility index (Phi) is 4.14. The predicted molar refractivity (Wildman–Crippen MR) is 87.8 cm³/mol. The first kappa shape index (κ1) is 14.8. The molecule has 23 heavy (non-hydrogen) atoms. The number of nitrogens with zero attached hydrogens (tertiary/aromatic N) is 4. The van der Waals surface area contributed by atoms with Crippen molar-refractivity contribution in [1.82, 2.24) is 19.9 Å². The van der Waals surface area contributed by atoms with Crippen LogP contribution in [0.2, 0.25) is 0 Å². The van der Waals surface area contributed by atoms with Crippen molar-refractivity contribution in [1.29, 1.82) is 0 Å². The van der Waals surface area contributed by atoms with Crippen molar-refractivity contribution in [2.75, 3.05) is 19.7 Å². The van der Waals surface area contributed by atoms with Crippen molar-refractivity contribution < 1.29 is 4.74 Å². The largest absolute Gasteiger partial charge is 0.375 e. The molecule has 0 saturated heterocycles. The molecule has 0 N–H and O–H groups in total. The molecule has 122 valence electrons. The van der Waals surface area contributed by atoms with Crippen LogP contribution in [0.4, 0.5) is 0 Å². The van der Waals surface area contributed by atoms with Gasteiger partial charge in [0.25, 0.3) is 0 Å². The van der Waals surface area contributed by atoms with Crippen LogP contribution in [0.15, 0.2) is 30.3 Å². The van der Waals surface area contributed by atoms with Gasteiger partial charge >= 0.3 is 0 Å². The van der Waals surface area contributed by atoms with Gasteiger partial charge in [0.15, 0.2) is 0 Å². The van der Waals surface area contributed by atoms with Gasteiger partial charge in [0.1, 0.15) is 5.69 Å². The molecule has 5 nitrogen and oxygen atoms in total. The summed E-state index contributed by atoms with van der Waals surface area (Å²) in [5, 5.41) is 8.66. The quantitative estimate of drug-likeness (QED) is 0.821. The van der Waals surface area contributed by atoms with Crippen LogP contribution in [0.1, 0.15) is 35.8 Å². The number of aromatic nitrogens is 3. The van der Waals surface area contributed by atoms with Crippen LogP contribution in [0, 0.1) is 5.92 Å². The number of hydrogen-bond donors (Lipinski definition) is 0. The van der Waals surface area contributed by atoms with E-state index in [0.29, 0.717) is 13.2 Å². The summed E-state index contributed by atoms with van der Waals surface area (Å²) in [5.41, 5.74) is 3.61. The monoisotopic (exact) mass is 312 g/mol. The molecule has 0 radical (unpaired) electrons. The average Bonchev–Trinajstić information content (AvgIpc) is 3.31. The molecule has 1 saturated carbocycles. The zero-order valence-electron chi connectivity index (χ0n) is 13.7. The lowest BCUT2D eigenvalue weighted by molar-refractivity contribution is 0.0404. The molecule has 4 rings (SSSR count). The SMILES string of the molecule is Cn1nnc2c1CCN(CC1CC1)[C@@H]2COCc1ccccc1. The predicted octanol–water partition coefficient (Wildman–Crippen LogP) is 2.34. The van der Waals surface area contributed by atoms with Gasteiger partial charge in [-0.3, -0.25) is 9.58 Å².